The summed E-state index contributed by atoms with van der Waals surface area (Å²) in [6.45, 7) is 7.26. The number of nitrogens with one attached hydrogen (secondary N) is 1. The highest BCUT2D eigenvalue weighted by atomic mass is 19.1. The molecule has 0 amide bonds. The molecule has 1 aromatic rings. The number of hydrogen-bond donors (Lipinski definition) is 1. The molecule has 0 aromatic carbocycles. The average Bonchev–Trinajstić information content (AvgIpc) is 2.22. The molecular formula is C11H18FN3O. The van der Waals surface area contributed by atoms with Gasteiger partial charge < -0.3 is 10.1 Å². The molecule has 0 saturated carbocycles. The van der Waals surface area contributed by atoms with Crippen LogP contribution in [0.1, 0.15) is 27.2 Å². The predicted octanol–water partition coefficient (Wildman–Crippen LogP) is 2.47. The van der Waals surface area contributed by atoms with Gasteiger partial charge in [0.05, 0.1) is 12.8 Å². The van der Waals surface area contributed by atoms with Crippen LogP contribution in [0.15, 0.2) is 6.20 Å². The molecule has 1 rings (SSSR count). The number of aromatic nitrogens is 2. The summed E-state index contributed by atoms with van der Waals surface area (Å²) in [5, 5.41) is 2.91. The Labute approximate surface area is 95.3 Å². The lowest BCUT2D eigenvalue weighted by molar-refractivity contribution is 0.265. The van der Waals surface area contributed by atoms with Gasteiger partial charge in [0.15, 0.2) is 0 Å². The first-order chi connectivity index (χ1) is 7.63. The lowest BCUT2D eigenvalue weighted by atomic mass is 10.1. The lowest BCUT2D eigenvalue weighted by Crippen LogP contribution is -2.08. The van der Waals surface area contributed by atoms with E-state index in [0.717, 1.165) is 12.6 Å². The van der Waals surface area contributed by atoms with Crippen molar-refractivity contribution < 1.29 is 9.13 Å². The number of anilines is 1. The second kappa shape index (κ2) is 6.25. The molecule has 0 atom stereocenters. The van der Waals surface area contributed by atoms with E-state index in [1.54, 1.807) is 0 Å². The van der Waals surface area contributed by atoms with Crippen LogP contribution in [0, 0.1) is 11.7 Å². The van der Waals surface area contributed by atoms with E-state index in [2.05, 4.69) is 29.1 Å². The van der Waals surface area contributed by atoms with E-state index in [0.29, 0.717) is 25.0 Å². The van der Waals surface area contributed by atoms with Crippen LogP contribution < -0.4 is 10.1 Å². The molecule has 90 valence electrons. The van der Waals surface area contributed by atoms with Crippen LogP contribution in [-0.4, -0.2) is 23.1 Å². The van der Waals surface area contributed by atoms with Crippen molar-refractivity contribution in [3.8, 4) is 5.88 Å². The van der Waals surface area contributed by atoms with Crippen LogP contribution in [0.25, 0.3) is 0 Å². The third-order valence-electron chi connectivity index (χ3n) is 1.98. The van der Waals surface area contributed by atoms with Crippen LogP contribution in [-0.2, 0) is 0 Å². The summed E-state index contributed by atoms with van der Waals surface area (Å²) in [6.07, 6.45) is 2.00. The second-order valence-electron chi connectivity index (χ2n) is 3.91. The molecule has 0 aliphatic rings. The van der Waals surface area contributed by atoms with Crippen molar-refractivity contribution >= 4 is 5.95 Å². The first-order valence-electron chi connectivity index (χ1n) is 5.52. The van der Waals surface area contributed by atoms with E-state index in [1.165, 1.54) is 0 Å². The maximum absolute atomic E-state index is 13.3. The van der Waals surface area contributed by atoms with Gasteiger partial charge in [0.25, 0.3) is 5.88 Å². The van der Waals surface area contributed by atoms with E-state index >= 15 is 0 Å². The van der Waals surface area contributed by atoms with Crippen molar-refractivity contribution in [2.45, 2.75) is 27.2 Å². The van der Waals surface area contributed by atoms with Crippen LogP contribution in [0.4, 0.5) is 10.3 Å². The van der Waals surface area contributed by atoms with E-state index in [4.69, 9.17) is 4.74 Å². The molecule has 16 heavy (non-hydrogen) atoms. The maximum Gasteiger partial charge on any atom is 0.255 e. The Morgan fingerprint density at radius 2 is 2.25 bits per heavy atom. The van der Waals surface area contributed by atoms with E-state index in [1.807, 2.05) is 6.92 Å². The molecule has 0 fully saturated rings. The topological polar surface area (TPSA) is 47.0 Å². The predicted molar refractivity (Wildman–Crippen MR) is 61.1 cm³/mol. The van der Waals surface area contributed by atoms with Crippen LogP contribution in [0.5, 0.6) is 5.88 Å². The first-order valence-corrected chi connectivity index (χ1v) is 5.52. The number of rotatable bonds is 6. The Kier molecular flexibility index (Phi) is 4.95. The zero-order valence-corrected chi connectivity index (χ0v) is 9.96. The minimum atomic E-state index is -0.523. The molecule has 0 saturated heterocycles. The van der Waals surface area contributed by atoms with Gasteiger partial charge in [0.2, 0.25) is 11.8 Å². The normalized spacial score (nSPS) is 10.6. The highest BCUT2D eigenvalue weighted by Crippen LogP contribution is 2.15. The zero-order chi connectivity index (χ0) is 12.0. The van der Waals surface area contributed by atoms with Gasteiger partial charge in [0.1, 0.15) is 0 Å². The van der Waals surface area contributed by atoms with Gasteiger partial charge in [-0.3, -0.25) is 0 Å². The van der Waals surface area contributed by atoms with Gasteiger partial charge >= 0.3 is 0 Å². The molecule has 5 heteroatoms. The smallest absolute Gasteiger partial charge is 0.255 e. The third kappa shape index (κ3) is 4.00. The molecule has 0 aliphatic carbocycles. The Bertz CT molecular complexity index is 331. The van der Waals surface area contributed by atoms with E-state index in [-0.39, 0.29) is 5.88 Å². The van der Waals surface area contributed by atoms with Crippen molar-refractivity contribution in [3.63, 3.8) is 0 Å². The van der Waals surface area contributed by atoms with Crippen molar-refractivity contribution in [1.29, 1.82) is 0 Å². The van der Waals surface area contributed by atoms with Crippen LogP contribution in [0.3, 0.4) is 0 Å². The zero-order valence-electron chi connectivity index (χ0n) is 9.96. The molecule has 0 radical (unpaired) electrons. The molecular weight excluding hydrogens is 209 g/mol. The van der Waals surface area contributed by atoms with Crippen molar-refractivity contribution in [1.82, 2.24) is 9.97 Å². The summed E-state index contributed by atoms with van der Waals surface area (Å²) in [4.78, 5) is 7.73. The highest BCUT2D eigenvalue weighted by Gasteiger charge is 2.07. The molecule has 0 unspecified atom stereocenters. The molecule has 4 nitrogen and oxygen atoms in total. The van der Waals surface area contributed by atoms with Crippen molar-refractivity contribution in [2.75, 3.05) is 18.5 Å². The number of nitrogens with zero attached hydrogens (tertiary/aromatic N) is 2. The highest BCUT2D eigenvalue weighted by molar-refractivity contribution is 5.27. The van der Waals surface area contributed by atoms with Gasteiger partial charge in [-0.05, 0) is 19.3 Å². The molecule has 0 spiro atoms. The molecule has 0 aliphatic heterocycles. The summed E-state index contributed by atoms with van der Waals surface area (Å²) in [5.74, 6) is 0.415. The van der Waals surface area contributed by atoms with Crippen molar-refractivity contribution in [3.05, 3.63) is 12.0 Å². The quantitative estimate of drug-likeness (QED) is 0.811. The minimum absolute atomic E-state index is 0.0200. The van der Waals surface area contributed by atoms with E-state index in [9.17, 15) is 4.39 Å². The first kappa shape index (κ1) is 12.7. The summed E-state index contributed by atoms with van der Waals surface area (Å²) in [6, 6.07) is 0. The Hall–Kier alpha value is -1.39. The largest absolute Gasteiger partial charge is 0.475 e. The number of halogens is 1. The molecule has 1 aromatic heterocycles. The Balaban J connectivity index is 2.59. The van der Waals surface area contributed by atoms with Gasteiger partial charge in [-0.1, -0.05) is 13.8 Å². The van der Waals surface area contributed by atoms with Gasteiger partial charge in [-0.2, -0.15) is 9.37 Å². The van der Waals surface area contributed by atoms with Crippen LogP contribution in [0.2, 0.25) is 0 Å². The molecule has 1 N–H and O–H groups in total. The maximum atomic E-state index is 13.3. The molecule has 0 bridgehead atoms. The Morgan fingerprint density at radius 1 is 1.50 bits per heavy atom. The standard InChI is InChI=1S/C11H18FN3O/c1-4-13-11-14-7-9(12)10(15-11)16-6-5-8(2)3/h7-8H,4-6H2,1-3H3,(H,13,14,15). The average molecular weight is 227 g/mol. The van der Waals surface area contributed by atoms with Gasteiger partial charge in [-0.15, -0.1) is 0 Å². The van der Waals surface area contributed by atoms with E-state index < -0.39 is 5.82 Å². The second-order valence-corrected chi connectivity index (χ2v) is 3.91. The van der Waals surface area contributed by atoms with Gasteiger partial charge in [0, 0.05) is 6.54 Å². The summed E-state index contributed by atoms with van der Waals surface area (Å²) in [7, 11) is 0. The summed E-state index contributed by atoms with van der Waals surface area (Å²) in [5.41, 5.74) is 0. The number of hydrogen-bond acceptors (Lipinski definition) is 4. The Morgan fingerprint density at radius 3 is 2.88 bits per heavy atom. The minimum Gasteiger partial charge on any atom is -0.475 e. The van der Waals surface area contributed by atoms with Gasteiger partial charge in [-0.25, -0.2) is 4.98 Å². The van der Waals surface area contributed by atoms with Crippen molar-refractivity contribution in [2.24, 2.45) is 5.92 Å². The summed E-state index contributed by atoms with van der Waals surface area (Å²) < 4.78 is 18.5. The third-order valence-corrected chi connectivity index (χ3v) is 1.98. The van der Waals surface area contributed by atoms with Crippen LogP contribution >= 0.6 is 0 Å². The fourth-order valence-corrected chi connectivity index (χ4v) is 1.09. The lowest BCUT2D eigenvalue weighted by Gasteiger charge is -2.09. The SMILES string of the molecule is CCNc1ncc(F)c(OCCC(C)C)n1. The molecule has 1 heterocycles. The number of ether oxygens (including phenoxy) is 1. The fraction of sp³-hybridized carbons (Fsp3) is 0.636. The fourth-order valence-electron chi connectivity index (χ4n) is 1.09. The summed E-state index contributed by atoms with van der Waals surface area (Å²) >= 11 is 0. The monoisotopic (exact) mass is 227 g/mol.